The lowest BCUT2D eigenvalue weighted by Gasteiger charge is -2.25. The minimum Gasteiger partial charge on any atom is -0.480 e. The fourth-order valence-electron chi connectivity index (χ4n) is 5.08. The number of hydrogen-bond acceptors (Lipinski definition) is 5. The molecule has 0 fully saturated rings. The van der Waals surface area contributed by atoms with E-state index in [0.29, 0.717) is 12.8 Å². The smallest absolute Gasteiger partial charge is 0.407 e. The van der Waals surface area contributed by atoms with E-state index in [0.717, 1.165) is 27.8 Å². The quantitative estimate of drug-likeness (QED) is 0.275. The van der Waals surface area contributed by atoms with Gasteiger partial charge in [-0.3, -0.25) is 4.79 Å². The van der Waals surface area contributed by atoms with E-state index in [4.69, 9.17) is 9.47 Å². The predicted molar refractivity (Wildman–Crippen MR) is 152 cm³/mol. The van der Waals surface area contributed by atoms with Gasteiger partial charge in [0.1, 0.15) is 6.61 Å². The molecule has 1 unspecified atom stereocenters. The number of aliphatic carboxylic acids is 1. The lowest BCUT2D eigenvalue weighted by molar-refractivity contribution is -0.147. The summed E-state index contributed by atoms with van der Waals surface area (Å²) < 4.78 is 11.3. The van der Waals surface area contributed by atoms with Crippen LogP contribution in [0.15, 0.2) is 78.9 Å². The Kier molecular flexibility index (Phi) is 9.91. The third-order valence-corrected chi connectivity index (χ3v) is 7.23. The lowest BCUT2D eigenvalue weighted by Crippen LogP contribution is -2.51. The molecule has 8 nitrogen and oxygen atoms in total. The second-order valence-electron chi connectivity index (χ2n) is 10.0. The molecule has 0 saturated carbocycles. The minimum atomic E-state index is -1.23. The Morgan fingerprint density at radius 1 is 0.900 bits per heavy atom. The Labute approximate surface area is 234 Å². The summed E-state index contributed by atoms with van der Waals surface area (Å²) in [5.74, 6) is -2.33. The number of amides is 2. The van der Waals surface area contributed by atoms with E-state index in [9.17, 15) is 19.5 Å². The summed E-state index contributed by atoms with van der Waals surface area (Å²) in [7, 11) is 0. The third-order valence-electron chi connectivity index (χ3n) is 7.23. The van der Waals surface area contributed by atoms with Crippen molar-refractivity contribution in [1.29, 1.82) is 0 Å². The summed E-state index contributed by atoms with van der Waals surface area (Å²) in [6.45, 7) is 3.97. The van der Waals surface area contributed by atoms with E-state index in [1.54, 1.807) is 6.92 Å². The standard InChI is InChI=1S/C32H36N2O6/c1-3-11-23(30(35)34-29(31(36)37)21(2)39-19-22-12-5-4-6-13-22)18-33-32(38)40-20-28-26-16-9-7-14-24(26)25-15-8-10-17-27(25)28/h4-10,12-17,21,23,28-29H,3,11,18-20H2,1-2H3,(H,33,38)(H,34,35)(H,36,37)/t21-,23?,29+/m0/s1. The molecule has 40 heavy (non-hydrogen) atoms. The molecule has 0 heterocycles. The van der Waals surface area contributed by atoms with Gasteiger partial charge < -0.3 is 25.2 Å². The number of carboxylic acid groups (broad SMARTS) is 1. The average Bonchev–Trinajstić information content (AvgIpc) is 3.29. The number of nitrogens with one attached hydrogen (secondary N) is 2. The van der Waals surface area contributed by atoms with E-state index in [-0.39, 0.29) is 25.7 Å². The van der Waals surface area contributed by atoms with Gasteiger partial charge in [-0.15, -0.1) is 0 Å². The lowest BCUT2D eigenvalue weighted by atomic mass is 9.98. The third kappa shape index (κ3) is 7.07. The molecule has 0 aliphatic heterocycles. The number of hydrogen-bond donors (Lipinski definition) is 3. The molecule has 2 amide bonds. The van der Waals surface area contributed by atoms with E-state index in [2.05, 4.69) is 22.8 Å². The van der Waals surface area contributed by atoms with Gasteiger partial charge in [-0.1, -0.05) is 92.2 Å². The van der Waals surface area contributed by atoms with Crippen molar-refractivity contribution in [3.05, 3.63) is 95.6 Å². The molecular formula is C32H36N2O6. The zero-order chi connectivity index (χ0) is 28.5. The van der Waals surface area contributed by atoms with Crippen LogP contribution in [0.3, 0.4) is 0 Å². The van der Waals surface area contributed by atoms with Crippen molar-refractivity contribution in [2.45, 2.75) is 51.4 Å². The Balaban J connectivity index is 1.30. The predicted octanol–water partition coefficient (Wildman–Crippen LogP) is 5.12. The average molecular weight is 545 g/mol. The van der Waals surface area contributed by atoms with Crippen LogP contribution in [0.5, 0.6) is 0 Å². The van der Waals surface area contributed by atoms with Gasteiger partial charge in [-0.25, -0.2) is 9.59 Å². The summed E-state index contributed by atoms with van der Waals surface area (Å²) in [5, 5.41) is 15.1. The number of ether oxygens (including phenoxy) is 2. The highest BCUT2D eigenvalue weighted by atomic mass is 16.5. The normalized spacial score (nSPS) is 14.3. The SMILES string of the molecule is CCCC(CNC(=O)OCC1c2ccccc2-c2ccccc21)C(=O)N[C@@H](C(=O)O)[C@H](C)OCc1ccccc1. The van der Waals surface area contributed by atoms with Crippen LogP contribution in [0.1, 0.15) is 49.3 Å². The van der Waals surface area contributed by atoms with Crippen LogP contribution < -0.4 is 10.6 Å². The van der Waals surface area contributed by atoms with Crippen molar-refractivity contribution in [2.75, 3.05) is 13.2 Å². The molecular weight excluding hydrogens is 508 g/mol. The first-order chi connectivity index (χ1) is 19.4. The van der Waals surface area contributed by atoms with Crippen LogP contribution >= 0.6 is 0 Å². The zero-order valence-corrected chi connectivity index (χ0v) is 22.8. The van der Waals surface area contributed by atoms with Crippen LogP contribution in [0.25, 0.3) is 11.1 Å². The fourth-order valence-corrected chi connectivity index (χ4v) is 5.08. The zero-order valence-electron chi connectivity index (χ0n) is 22.8. The summed E-state index contributed by atoms with van der Waals surface area (Å²) in [6, 6.07) is 24.3. The molecule has 4 rings (SSSR count). The Hall–Kier alpha value is -4.17. The number of alkyl carbamates (subject to hydrolysis) is 1. The van der Waals surface area contributed by atoms with Gasteiger partial charge in [0, 0.05) is 12.5 Å². The fraction of sp³-hybridized carbons (Fsp3) is 0.344. The van der Waals surface area contributed by atoms with Crippen molar-refractivity contribution < 1.29 is 29.0 Å². The maximum Gasteiger partial charge on any atom is 0.407 e. The van der Waals surface area contributed by atoms with E-state index < -0.39 is 36.0 Å². The first-order valence-corrected chi connectivity index (χ1v) is 13.7. The van der Waals surface area contributed by atoms with E-state index in [1.165, 1.54) is 0 Å². The highest BCUT2D eigenvalue weighted by Gasteiger charge is 2.31. The summed E-state index contributed by atoms with van der Waals surface area (Å²) in [4.78, 5) is 37.6. The Bertz CT molecular complexity index is 1270. The van der Waals surface area contributed by atoms with Gasteiger partial charge in [0.25, 0.3) is 0 Å². The van der Waals surface area contributed by atoms with Crippen LogP contribution in [0, 0.1) is 5.92 Å². The molecule has 0 radical (unpaired) electrons. The molecule has 8 heteroatoms. The van der Waals surface area contributed by atoms with E-state index >= 15 is 0 Å². The van der Waals surface area contributed by atoms with Crippen LogP contribution in [-0.4, -0.2) is 48.4 Å². The molecule has 3 N–H and O–H groups in total. The van der Waals surface area contributed by atoms with Gasteiger partial charge in [0.15, 0.2) is 6.04 Å². The van der Waals surface area contributed by atoms with Gasteiger partial charge in [0.05, 0.1) is 18.6 Å². The summed E-state index contributed by atoms with van der Waals surface area (Å²) in [6.07, 6.45) is -0.229. The first kappa shape index (κ1) is 28.8. The number of rotatable bonds is 13. The van der Waals surface area contributed by atoms with Gasteiger partial charge in [-0.05, 0) is 41.2 Å². The second kappa shape index (κ2) is 13.8. The molecule has 1 aliphatic rings. The molecule has 0 aromatic heterocycles. The van der Waals surface area contributed by atoms with Crippen molar-refractivity contribution in [3.8, 4) is 11.1 Å². The number of benzene rings is 3. The first-order valence-electron chi connectivity index (χ1n) is 13.7. The van der Waals surface area contributed by atoms with Crippen molar-refractivity contribution in [1.82, 2.24) is 10.6 Å². The monoisotopic (exact) mass is 544 g/mol. The Morgan fingerprint density at radius 3 is 2.10 bits per heavy atom. The van der Waals surface area contributed by atoms with E-state index in [1.807, 2.05) is 73.7 Å². The highest BCUT2D eigenvalue weighted by Crippen LogP contribution is 2.44. The second-order valence-corrected chi connectivity index (χ2v) is 10.0. The van der Waals surface area contributed by atoms with Gasteiger partial charge in [-0.2, -0.15) is 0 Å². The number of carbonyl (C=O) groups excluding carboxylic acids is 2. The number of carboxylic acids is 1. The maximum absolute atomic E-state index is 13.1. The van der Waals surface area contributed by atoms with Crippen LogP contribution in [0.4, 0.5) is 4.79 Å². The molecule has 0 bridgehead atoms. The number of fused-ring (bicyclic) bond motifs is 3. The molecule has 3 aromatic carbocycles. The molecule has 1 aliphatic carbocycles. The molecule has 0 saturated heterocycles. The largest absolute Gasteiger partial charge is 0.480 e. The highest BCUT2D eigenvalue weighted by molar-refractivity contribution is 5.86. The van der Waals surface area contributed by atoms with Crippen molar-refractivity contribution >= 4 is 18.0 Å². The Morgan fingerprint density at radius 2 is 1.50 bits per heavy atom. The minimum absolute atomic E-state index is 0.0297. The van der Waals surface area contributed by atoms with Crippen molar-refractivity contribution in [3.63, 3.8) is 0 Å². The van der Waals surface area contributed by atoms with Gasteiger partial charge in [0.2, 0.25) is 5.91 Å². The van der Waals surface area contributed by atoms with Gasteiger partial charge >= 0.3 is 12.1 Å². The summed E-state index contributed by atoms with van der Waals surface area (Å²) >= 11 is 0. The van der Waals surface area contributed by atoms with Crippen LogP contribution in [-0.2, 0) is 25.7 Å². The molecule has 3 atom stereocenters. The maximum atomic E-state index is 13.1. The topological polar surface area (TPSA) is 114 Å². The van der Waals surface area contributed by atoms with Crippen molar-refractivity contribution in [2.24, 2.45) is 5.92 Å². The van der Waals surface area contributed by atoms with Crippen LogP contribution in [0.2, 0.25) is 0 Å². The molecule has 0 spiro atoms. The molecule has 3 aromatic rings. The molecule has 210 valence electrons. The number of carbonyl (C=O) groups is 3. The summed E-state index contributed by atoms with van der Waals surface area (Å²) in [5.41, 5.74) is 5.41.